The normalized spacial score (nSPS) is 11.5. The van der Waals surface area contributed by atoms with Crippen molar-refractivity contribution < 1.29 is 14.3 Å². The quantitative estimate of drug-likeness (QED) is 0.738. The number of hydrogen-bond acceptors (Lipinski definition) is 3. The van der Waals surface area contributed by atoms with Crippen LogP contribution in [0.15, 0.2) is 54.6 Å². The van der Waals surface area contributed by atoms with E-state index in [9.17, 15) is 9.59 Å². The van der Waals surface area contributed by atoms with Gasteiger partial charge in [-0.15, -0.1) is 0 Å². The van der Waals surface area contributed by atoms with Gasteiger partial charge in [-0.1, -0.05) is 42.5 Å². The second-order valence-corrected chi connectivity index (χ2v) is 6.27. The molecule has 0 aliphatic heterocycles. The molecule has 0 saturated heterocycles. The highest BCUT2D eigenvalue weighted by Crippen LogP contribution is 2.17. The lowest BCUT2D eigenvalue weighted by molar-refractivity contribution is -0.136. The van der Waals surface area contributed by atoms with E-state index >= 15 is 0 Å². The molecule has 2 aromatic carbocycles. The molecule has 0 fully saturated rings. The molecular formula is C22H28N2O3. The number of methoxy groups -OCH3 is 1. The number of hydrogen-bond donors (Lipinski definition) is 1. The lowest BCUT2D eigenvalue weighted by Gasteiger charge is -2.26. The van der Waals surface area contributed by atoms with Gasteiger partial charge < -0.3 is 15.0 Å². The van der Waals surface area contributed by atoms with Crippen molar-refractivity contribution in [3.8, 4) is 5.75 Å². The first-order chi connectivity index (χ1) is 13.1. The molecule has 27 heavy (non-hydrogen) atoms. The van der Waals surface area contributed by atoms with Gasteiger partial charge >= 0.3 is 0 Å². The minimum atomic E-state index is -0.658. The van der Waals surface area contributed by atoms with E-state index in [1.807, 2.05) is 68.4 Å². The molecule has 0 bridgehead atoms. The predicted octanol–water partition coefficient (Wildman–Crippen LogP) is 3.35. The van der Waals surface area contributed by atoms with E-state index in [4.69, 9.17) is 4.74 Å². The lowest BCUT2D eigenvalue weighted by Crippen LogP contribution is -2.42. The van der Waals surface area contributed by atoms with Gasteiger partial charge in [0.05, 0.1) is 7.11 Å². The average Bonchev–Trinajstić information content (AvgIpc) is 2.72. The standard InChI is InChI=1S/C22H28N2O3/c1-4-24(5-2)22(26)21(18-9-7-6-8-10-18)23-20(25)16-13-17-11-14-19(27-3)15-12-17/h6-12,14-15,21H,4-5,13,16H2,1-3H3,(H,23,25)/t21-/m0/s1. The molecule has 1 N–H and O–H groups in total. The Morgan fingerprint density at radius 2 is 1.63 bits per heavy atom. The zero-order valence-electron chi connectivity index (χ0n) is 16.3. The number of ether oxygens (including phenoxy) is 1. The molecule has 0 saturated carbocycles. The number of benzene rings is 2. The Hall–Kier alpha value is -2.82. The van der Waals surface area contributed by atoms with Crippen LogP contribution in [-0.2, 0) is 16.0 Å². The van der Waals surface area contributed by atoms with E-state index in [0.29, 0.717) is 25.9 Å². The van der Waals surface area contributed by atoms with Gasteiger partial charge in [0.1, 0.15) is 11.8 Å². The van der Waals surface area contributed by atoms with Crippen LogP contribution in [0.5, 0.6) is 5.75 Å². The van der Waals surface area contributed by atoms with Gasteiger partial charge in [0.25, 0.3) is 0 Å². The second-order valence-electron chi connectivity index (χ2n) is 6.27. The van der Waals surface area contributed by atoms with Crippen molar-refractivity contribution in [1.29, 1.82) is 0 Å². The van der Waals surface area contributed by atoms with E-state index in [0.717, 1.165) is 16.9 Å². The van der Waals surface area contributed by atoms with Crippen molar-refractivity contribution in [1.82, 2.24) is 10.2 Å². The molecule has 0 aromatic heterocycles. The Balaban J connectivity index is 2.05. The summed E-state index contributed by atoms with van der Waals surface area (Å²) in [7, 11) is 1.62. The van der Waals surface area contributed by atoms with Crippen LogP contribution in [0.1, 0.15) is 37.4 Å². The van der Waals surface area contributed by atoms with Gasteiger partial charge in [-0.3, -0.25) is 9.59 Å². The molecule has 0 aliphatic rings. The van der Waals surface area contributed by atoms with Crippen LogP contribution >= 0.6 is 0 Å². The summed E-state index contributed by atoms with van der Waals surface area (Å²) in [5.74, 6) is 0.571. The summed E-state index contributed by atoms with van der Waals surface area (Å²) >= 11 is 0. The third-order valence-corrected chi connectivity index (χ3v) is 4.56. The smallest absolute Gasteiger partial charge is 0.249 e. The van der Waals surface area contributed by atoms with Gasteiger partial charge in [-0.2, -0.15) is 0 Å². The van der Waals surface area contributed by atoms with E-state index in [-0.39, 0.29) is 11.8 Å². The Morgan fingerprint density at radius 3 is 2.19 bits per heavy atom. The Kier molecular flexibility index (Phi) is 7.86. The number of amides is 2. The summed E-state index contributed by atoms with van der Waals surface area (Å²) in [5.41, 5.74) is 1.85. The summed E-state index contributed by atoms with van der Waals surface area (Å²) < 4.78 is 5.14. The number of aryl methyl sites for hydroxylation is 1. The number of rotatable bonds is 9. The number of nitrogens with one attached hydrogen (secondary N) is 1. The van der Waals surface area contributed by atoms with E-state index in [1.54, 1.807) is 12.0 Å². The summed E-state index contributed by atoms with van der Waals surface area (Å²) in [5, 5.41) is 2.92. The van der Waals surface area contributed by atoms with Gasteiger partial charge in [0.2, 0.25) is 11.8 Å². The zero-order chi connectivity index (χ0) is 19.6. The summed E-state index contributed by atoms with van der Waals surface area (Å²) in [4.78, 5) is 27.1. The molecule has 0 radical (unpaired) electrons. The van der Waals surface area contributed by atoms with Crippen LogP contribution in [0.4, 0.5) is 0 Å². The first-order valence-electron chi connectivity index (χ1n) is 9.35. The van der Waals surface area contributed by atoms with Crippen LogP contribution in [-0.4, -0.2) is 36.9 Å². The molecule has 0 spiro atoms. The molecule has 0 heterocycles. The Morgan fingerprint density at radius 1 is 1.00 bits per heavy atom. The van der Waals surface area contributed by atoms with Gasteiger partial charge in [0.15, 0.2) is 0 Å². The Bertz CT molecular complexity index is 725. The first-order valence-corrected chi connectivity index (χ1v) is 9.35. The monoisotopic (exact) mass is 368 g/mol. The lowest BCUT2D eigenvalue weighted by atomic mass is 10.0. The van der Waals surface area contributed by atoms with Crippen LogP contribution in [0, 0.1) is 0 Å². The molecule has 0 aliphatic carbocycles. The number of likely N-dealkylation sites (N-methyl/N-ethyl adjacent to an activating group) is 1. The van der Waals surface area contributed by atoms with Gasteiger partial charge in [-0.25, -0.2) is 0 Å². The highest BCUT2D eigenvalue weighted by molar-refractivity contribution is 5.88. The summed E-state index contributed by atoms with van der Waals surface area (Å²) in [6, 6.07) is 16.4. The minimum Gasteiger partial charge on any atom is -0.497 e. The molecule has 5 nitrogen and oxygen atoms in total. The first kappa shape index (κ1) is 20.5. The van der Waals surface area contributed by atoms with Crippen molar-refractivity contribution in [2.75, 3.05) is 20.2 Å². The summed E-state index contributed by atoms with van der Waals surface area (Å²) in [6.07, 6.45) is 0.929. The molecule has 144 valence electrons. The largest absolute Gasteiger partial charge is 0.497 e. The van der Waals surface area contributed by atoms with Crippen molar-refractivity contribution in [2.45, 2.75) is 32.7 Å². The van der Waals surface area contributed by atoms with Crippen molar-refractivity contribution >= 4 is 11.8 Å². The summed E-state index contributed by atoms with van der Waals surface area (Å²) in [6.45, 7) is 5.10. The second kappa shape index (κ2) is 10.4. The van der Waals surface area contributed by atoms with Crippen LogP contribution in [0.2, 0.25) is 0 Å². The highest BCUT2D eigenvalue weighted by Gasteiger charge is 2.25. The van der Waals surface area contributed by atoms with Crippen LogP contribution in [0.3, 0.4) is 0 Å². The number of carbonyl (C=O) groups is 2. The molecule has 2 amide bonds. The Labute approximate surface area is 161 Å². The van der Waals surface area contributed by atoms with Crippen molar-refractivity contribution in [3.63, 3.8) is 0 Å². The minimum absolute atomic E-state index is 0.0796. The topological polar surface area (TPSA) is 58.6 Å². The van der Waals surface area contributed by atoms with E-state index in [1.165, 1.54) is 0 Å². The van der Waals surface area contributed by atoms with Crippen molar-refractivity contribution in [2.24, 2.45) is 0 Å². The zero-order valence-corrected chi connectivity index (χ0v) is 16.3. The van der Waals surface area contributed by atoms with E-state index < -0.39 is 6.04 Å². The molecule has 0 unspecified atom stereocenters. The van der Waals surface area contributed by atoms with Crippen LogP contribution in [0.25, 0.3) is 0 Å². The average molecular weight is 368 g/mol. The van der Waals surface area contributed by atoms with Gasteiger partial charge in [-0.05, 0) is 43.5 Å². The number of carbonyl (C=O) groups excluding carboxylic acids is 2. The third kappa shape index (κ3) is 5.84. The van der Waals surface area contributed by atoms with Crippen LogP contribution < -0.4 is 10.1 Å². The molecule has 2 aromatic rings. The van der Waals surface area contributed by atoms with Crippen molar-refractivity contribution in [3.05, 3.63) is 65.7 Å². The highest BCUT2D eigenvalue weighted by atomic mass is 16.5. The molecule has 2 rings (SSSR count). The maximum Gasteiger partial charge on any atom is 0.249 e. The fraction of sp³-hybridized carbons (Fsp3) is 0.364. The molecule has 1 atom stereocenters. The maximum atomic E-state index is 12.9. The predicted molar refractivity (Wildman–Crippen MR) is 107 cm³/mol. The molecule has 5 heteroatoms. The van der Waals surface area contributed by atoms with Gasteiger partial charge in [0, 0.05) is 19.5 Å². The number of nitrogens with zero attached hydrogens (tertiary/aromatic N) is 1. The third-order valence-electron chi connectivity index (χ3n) is 4.56. The SMILES string of the molecule is CCN(CC)C(=O)[C@@H](NC(=O)CCc1ccc(OC)cc1)c1ccccc1. The maximum absolute atomic E-state index is 12.9. The molecular weight excluding hydrogens is 340 g/mol. The fourth-order valence-electron chi connectivity index (χ4n) is 2.93. The fourth-order valence-corrected chi connectivity index (χ4v) is 2.93. The van der Waals surface area contributed by atoms with E-state index in [2.05, 4.69) is 5.32 Å².